The van der Waals surface area contributed by atoms with E-state index in [-0.39, 0.29) is 11.9 Å². The van der Waals surface area contributed by atoms with Gasteiger partial charge in [0.1, 0.15) is 5.82 Å². The molecule has 0 radical (unpaired) electrons. The van der Waals surface area contributed by atoms with Crippen LogP contribution in [0.25, 0.3) is 0 Å². The molecule has 2 rings (SSSR count). The summed E-state index contributed by atoms with van der Waals surface area (Å²) in [6.45, 7) is 2.88. The summed E-state index contributed by atoms with van der Waals surface area (Å²) in [5, 5.41) is 4.60. The van der Waals surface area contributed by atoms with Crippen LogP contribution in [-0.2, 0) is 6.42 Å². The third kappa shape index (κ3) is 4.19. The molecule has 0 amide bonds. The lowest BCUT2D eigenvalue weighted by Gasteiger charge is -2.21. The summed E-state index contributed by atoms with van der Waals surface area (Å²) >= 11 is 12.5. The van der Waals surface area contributed by atoms with Gasteiger partial charge in [-0.15, -0.1) is 0 Å². The molecule has 0 aliphatic carbocycles. The van der Waals surface area contributed by atoms with E-state index in [4.69, 9.17) is 23.2 Å². The van der Waals surface area contributed by atoms with E-state index < -0.39 is 0 Å². The van der Waals surface area contributed by atoms with Crippen molar-refractivity contribution >= 4 is 23.2 Å². The van der Waals surface area contributed by atoms with E-state index in [0.717, 1.165) is 18.5 Å². The van der Waals surface area contributed by atoms with Crippen molar-refractivity contribution in [3.05, 3.63) is 69.5 Å². The van der Waals surface area contributed by atoms with Gasteiger partial charge in [0.15, 0.2) is 0 Å². The van der Waals surface area contributed by atoms with E-state index in [1.807, 2.05) is 12.1 Å². The van der Waals surface area contributed by atoms with Crippen LogP contribution in [0.3, 0.4) is 0 Å². The molecule has 0 aliphatic rings. The van der Waals surface area contributed by atoms with Gasteiger partial charge < -0.3 is 5.32 Å². The highest BCUT2D eigenvalue weighted by Crippen LogP contribution is 2.30. The molecule has 4 heteroatoms. The number of rotatable bonds is 6. The van der Waals surface area contributed by atoms with Crippen LogP contribution in [0.15, 0.2) is 42.5 Å². The lowest BCUT2D eigenvalue weighted by molar-refractivity contribution is 0.497. The van der Waals surface area contributed by atoms with Gasteiger partial charge in [-0.25, -0.2) is 4.39 Å². The Balaban J connectivity index is 2.31. The van der Waals surface area contributed by atoms with Gasteiger partial charge in [-0.05, 0) is 43.1 Å². The minimum atomic E-state index is -0.214. The molecule has 0 aliphatic heterocycles. The molecular weight excluding hydrogens is 308 g/mol. The van der Waals surface area contributed by atoms with Gasteiger partial charge in [-0.1, -0.05) is 54.4 Å². The molecule has 1 N–H and O–H groups in total. The molecule has 0 aromatic heterocycles. The smallest absolute Gasteiger partial charge is 0.127 e. The maximum atomic E-state index is 14.1. The van der Waals surface area contributed by atoms with Crippen LogP contribution in [-0.4, -0.2) is 6.54 Å². The predicted octanol–water partition coefficient (Wildman–Crippen LogP) is 5.42. The van der Waals surface area contributed by atoms with Crippen LogP contribution in [0.2, 0.25) is 10.0 Å². The first-order chi connectivity index (χ1) is 10.1. The Morgan fingerprint density at radius 1 is 1.05 bits per heavy atom. The standard InChI is InChI=1S/C17H18Cl2FN/c1-2-10-21-17(12-6-3-4-9-16(12)20)11-13-14(18)7-5-8-15(13)19/h3-9,17,21H,2,10-11H2,1H3. The van der Waals surface area contributed by atoms with Crippen molar-refractivity contribution in [3.63, 3.8) is 0 Å². The monoisotopic (exact) mass is 325 g/mol. The maximum absolute atomic E-state index is 14.1. The quantitative estimate of drug-likeness (QED) is 0.748. The minimum absolute atomic E-state index is 0.149. The Morgan fingerprint density at radius 3 is 2.33 bits per heavy atom. The zero-order valence-corrected chi connectivity index (χ0v) is 13.4. The summed E-state index contributed by atoms with van der Waals surface area (Å²) in [5.74, 6) is -0.214. The molecule has 2 aromatic rings. The summed E-state index contributed by atoms with van der Waals surface area (Å²) in [5.41, 5.74) is 1.49. The highest BCUT2D eigenvalue weighted by molar-refractivity contribution is 6.36. The van der Waals surface area contributed by atoms with Gasteiger partial charge in [0, 0.05) is 21.7 Å². The average Bonchev–Trinajstić information content (AvgIpc) is 2.47. The summed E-state index contributed by atoms with van der Waals surface area (Å²) in [6.07, 6.45) is 1.53. The molecule has 1 unspecified atom stereocenters. The molecule has 1 nitrogen and oxygen atoms in total. The van der Waals surface area contributed by atoms with Crippen molar-refractivity contribution in [1.29, 1.82) is 0 Å². The molecule has 0 saturated heterocycles. The third-order valence-corrected chi connectivity index (χ3v) is 4.10. The minimum Gasteiger partial charge on any atom is -0.310 e. The summed E-state index contributed by atoms with van der Waals surface area (Å²) in [4.78, 5) is 0. The van der Waals surface area contributed by atoms with E-state index in [1.54, 1.807) is 24.3 Å². The van der Waals surface area contributed by atoms with Crippen LogP contribution in [0.4, 0.5) is 4.39 Å². The molecule has 21 heavy (non-hydrogen) atoms. The van der Waals surface area contributed by atoms with Gasteiger partial charge in [-0.3, -0.25) is 0 Å². The van der Waals surface area contributed by atoms with E-state index in [1.165, 1.54) is 6.07 Å². The van der Waals surface area contributed by atoms with Crippen molar-refractivity contribution in [2.75, 3.05) is 6.54 Å². The SMILES string of the molecule is CCCNC(Cc1c(Cl)cccc1Cl)c1ccccc1F. The van der Waals surface area contributed by atoms with Crippen molar-refractivity contribution in [1.82, 2.24) is 5.32 Å². The highest BCUT2D eigenvalue weighted by atomic mass is 35.5. The second kappa shape index (κ2) is 7.79. The van der Waals surface area contributed by atoms with Crippen LogP contribution < -0.4 is 5.32 Å². The Morgan fingerprint density at radius 2 is 1.71 bits per heavy atom. The fourth-order valence-electron chi connectivity index (χ4n) is 2.30. The molecule has 112 valence electrons. The van der Waals surface area contributed by atoms with E-state index in [9.17, 15) is 4.39 Å². The van der Waals surface area contributed by atoms with Crippen molar-refractivity contribution in [2.24, 2.45) is 0 Å². The van der Waals surface area contributed by atoms with Crippen LogP contribution >= 0.6 is 23.2 Å². The first-order valence-corrected chi connectivity index (χ1v) is 7.79. The number of nitrogens with one attached hydrogen (secondary N) is 1. The molecule has 0 heterocycles. The number of hydrogen-bond donors (Lipinski definition) is 1. The van der Waals surface area contributed by atoms with E-state index in [2.05, 4.69) is 12.2 Å². The molecule has 0 fully saturated rings. The van der Waals surface area contributed by atoms with Gasteiger partial charge >= 0.3 is 0 Å². The number of halogens is 3. The second-order valence-electron chi connectivity index (χ2n) is 4.93. The van der Waals surface area contributed by atoms with Gasteiger partial charge in [0.05, 0.1) is 0 Å². The Kier molecular flexibility index (Phi) is 6.04. The van der Waals surface area contributed by atoms with Gasteiger partial charge in [0.25, 0.3) is 0 Å². The lowest BCUT2D eigenvalue weighted by atomic mass is 9.98. The van der Waals surface area contributed by atoms with Crippen molar-refractivity contribution in [2.45, 2.75) is 25.8 Å². The zero-order valence-electron chi connectivity index (χ0n) is 11.9. The lowest BCUT2D eigenvalue weighted by Crippen LogP contribution is -2.25. The van der Waals surface area contributed by atoms with Crippen molar-refractivity contribution < 1.29 is 4.39 Å². The normalized spacial score (nSPS) is 12.4. The van der Waals surface area contributed by atoms with Crippen LogP contribution in [0, 0.1) is 5.82 Å². The van der Waals surface area contributed by atoms with Crippen LogP contribution in [0.5, 0.6) is 0 Å². The molecule has 0 bridgehead atoms. The molecule has 1 atom stereocenters. The first-order valence-electron chi connectivity index (χ1n) is 7.04. The summed E-state index contributed by atoms with van der Waals surface area (Å²) in [6, 6.07) is 12.1. The molecular formula is C17H18Cl2FN. The fourth-order valence-corrected chi connectivity index (χ4v) is 2.85. The molecule has 0 saturated carbocycles. The Bertz CT molecular complexity index is 581. The first kappa shape index (κ1) is 16.3. The number of hydrogen-bond acceptors (Lipinski definition) is 1. The van der Waals surface area contributed by atoms with Crippen LogP contribution in [0.1, 0.15) is 30.5 Å². The van der Waals surface area contributed by atoms with E-state index >= 15 is 0 Å². The van der Waals surface area contributed by atoms with Crippen molar-refractivity contribution in [3.8, 4) is 0 Å². The average molecular weight is 326 g/mol. The maximum Gasteiger partial charge on any atom is 0.127 e. The number of benzene rings is 2. The highest BCUT2D eigenvalue weighted by Gasteiger charge is 2.18. The third-order valence-electron chi connectivity index (χ3n) is 3.39. The zero-order chi connectivity index (χ0) is 15.2. The van der Waals surface area contributed by atoms with E-state index in [0.29, 0.717) is 22.0 Å². The Hall–Kier alpha value is -1.09. The predicted molar refractivity (Wildman–Crippen MR) is 87.6 cm³/mol. The molecule has 0 spiro atoms. The fraction of sp³-hybridized carbons (Fsp3) is 0.294. The summed E-state index contributed by atoms with van der Waals surface area (Å²) in [7, 11) is 0. The Labute approximate surface area is 135 Å². The van der Waals surface area contributed by atoms with Gasteiger partial charge in [0.2, 0.25) is 0 Å². The topological polar surface area (TPSA) is 12.0 Å². The summed E-state index contributed by atoms with van der Waals surface area (Å²) < 4.78 is 14.1. The molecule has 2 aromatic carbocycles. The van der Waals surface area contributed by atoms with Gasteiger partial charge in [-0.2, -0.15) is 0 Å². The largest absolute Gasteiger partial charge is 0.310 e. The second-order valence-corrected chi connectivity index (χ2v) is 5.75.